The van der Waals surface area contributed by atoms with E-state index in [0.717, 1.165) is 11.5 Å². The summed E-state index contributed by atoms with van der Waals surface area (Å²) in [6.45, 7) is 1.16. The molecule has 246 valence electrons. The number of thioether (sulfide) groups is 2. The van der Waals surface area contributed by atoms with Crippen LogP contribution in [0.25, 0.3) is 0 Å². The first-order valence-electron chi connectivity index (χ1n) is 16.8. The van der Waals surface area contributed by atoms with Crippen LogP contribution in [0.3, 0.4) is 0 Å². The molecule has 0 aliphatic rings. The summed E-state index contributed by atoms with van der Waals surface area (Å²) in [6.07, 6.45) is 0. The molecule has 0 atom stereocenters. The Balaban J connectivity index is 1.29. The van der Waals surface area contributed by atoms with E-state index in [1.807, 2.05) is 28.4 Å². The van der Waals surface area contributed by atoms with E-state index in [9.17, 15) is 4.79 Å². The van der Waals surface area contributed by atoms with Gasteiger partial charge in [-0.05, 0) is 33.4 Å². The van der Waals surface area contributed by atoms with E-state index in [2.05, 4.69) is 182 Å². The van der Waals surface area contributed by atoms with Crippen LogP contribution < -0.4 is 5.73 Å². The fourth-order valence-electron chi connectivity index (χ4n) is 6.65. The molecule has 3 nitrogen and oxygen atoms in total. The lowest BCUT2D eigenvalue weighted by molar-refractivity contribution is -0.129. The van der Waals surface area contributed by atoms with Crippen LogP contribution in [0.4, 0.5) is 0 Å². The molecule has 0 fully saturated rings. The second-order valence-electron chi connectivity index (χ2n) is 11.8. The lowest BCUT2D eigenvalue weighted by Gasteiger charge is -2.37. The van der Waals surface area contributed by atoms with E-state index in [0.29, 0.717) is 13.1 Å². The molecule has 0 saturated heterocycles. The molecule has 0 aliphatic heterocycles. The van der Waals surface area contributed by atoms with E-state index < -0.39 is 9.49 Å². The van der Waals surface area contributed by atoms with Crippen molar-refractivity contribution in [2.24, 2.45) is 5.73 Å². The molecule has 1 amide bonds. The van der Waals surface area contributed by atoms with Crippen LogP contribution in [0.1, 0.15) is 33.4 Å². The smallest absolute Gasteiger partial charge is 0.236 e. The van der Waals surface area contributed by atoms with Crippen LogP contribution in [0.15, 0.2) is 182 Å². The summed E-state index contributed by atoms with van der Waals surface area (Å²) < 4.78 is -0.891. The number of carbonyl (C=O) groups excluding carboxylic acids is 1. The molecule has 0 aliphatic carbocycles. The third kappa shape index (κ3) is 7.55. The van der Waals surface area contributed by atoms with Gasteiger partial charge >= 0.3 is 0 Å². The second kappa shape index (κ2) is 16.7. The molecule has 0 unspecified atom stereocenters. The zero-order valence-electron chi connectivity index (χ0n) is 27.6. The maximum Gasteiger partial charge on any atom is 0.236 e. The van der Waals surface area contributed by atoms with Crippen molar-refractivity contribution < 1.29 is 4.79 Å². The van der Waals surface area contributed by atoms with Gasteiger partial charge in [-0.15, -0.1) is 23.5 Å². The van der Waals surface area contributed by atoms with Crippen LogP contribution >= 0.6 is 23.5 Å². The third-order valence-corrected chi connectivity index (χ3v) is 12.0. The van der Waals surface area contributed by atoms with Gasteiger partial charge in [0, 0.05) is 24.6 Å². The molecule has 0 spiro atoms. The molecule has 0 aromatic heterocycles. The molecule has 5 heteroatoms. The molecular weight excluding hydrogens is 637 g/mol. The molecule has 6 rings (SSSR count). The number of carbonyl (C=O) groups is 1. The van der Waals surface area contributed by atoms with Crippen LogP contribution in [0, 0.1) is 0 Å². The SMILES string of the molecule is NCC(=O)N(CCSC(c1ccccc1)(c1ccccc1)c1ccccc1)CCSC(c1ccccc1)(c1ccccc1)c1ccccc1. The minimum absolute atomic E-state index is 0.0161. The largest absolute Gasteiger partial charge is 0.340 e. The topological polar surface area (TPSA) is 46.3 Å². The van der Waals surface area contributed by atoms with Crippen molar-refractivity contribution >= 4 is 29.4 Å². The highest BCUT2D eigenvalue weighted by Gasteiger charge is 2.38. The Kier molecular flexibility index (Phi) is 11.7. The van der Waals surface area contributed by atoms with Crippen LogP contribution in [-0.2, 0) is 14.3 Å². The minimum Gasteiger partial charge on any atom is -0.340 e. The Morgan fingerprint density at radius 2 is 0.653 bits per heavy atom. The fraction of sp³-hybridized carbons (Fsp3) is 0.159. The highest BCUT2D eigenvalue weighted by Crippen LogP contribution is 2.49. The number of rotatable bonds is 15. The lowest BCUT2D eigenvalue weighted by atomic mass is 9.84. The van der Waals surface area contributed by atoms with Crippen LogP contribution in [0.5, 0.6) is 0 Å². The average Bonchev–Trinajstić information content (AvgIpc) is 3.19. The third-order valence-electron chi connectivity index (χ3n) is 8.97. The van der Waals surface area contributed by atoms with Gasteiger partial charge in [0.2, 0.25) is 5.91 Å². The van der Waals surface area contributed by atoms with Crippen molar-refractivity contribution in [2.45, 2.75) is 9.49 Å². The standard InChI is InChI=1S/C44H42N2OS2/c45-35-42(47)46(31-33-48-43(36-19-7-1-8-20-36,37-21-9-2-10-22-37)38-23-11-3-12-24-38)32-34-49-44(39-25-13-4-14-26-39,40-27-15-5-16-28-40)41-29-17-6-18-30-41/h1-30H,31-35,45H2. The van der Waals surface area contributed by atoms with Gasteiger partial charge in [-0.3, -0.25) is 4.79 Å². The summed E-state index contributed by atoms with van der Waals surface area (Å²) in [4.78, 5) is 15.4. The van der Waals surface area contributed by atoms with E-state index in [1.165, 1.54) is 33.4 Å². The Hall–Kier alpha value is -4.55. The molecular formula is C44H42N2OS2. The molecule has 0 radical (unpaired) electrons. The van der Waals surface area contributed by atoms with Gasteiger partial charge in [0.15, 0.2) is 0 Å². The van der Waals surface area contributed by atoms with Crippen molar-refractivity contribution in [3.63, 3.8) is 0 Å². The van der Waals surface area contributed by atoms with Gasteiger partial charge in [0.05, 0.1) is 16.0 Å². The summed E-state index contributed by atoms with van der Waals surface area (Å²) >= 11 is 3.75. The van der Waals surface area contributed by atoms with Gasteiger partial charge in [-0.2, -0.15) is 0 Å². The van der Waals surface area contributed by atoms with Crippen molar-refractivity contribution in [1.82, 2.24) is 4.90 Å². The Labute approximate surface area is 299 Å². The highest BCUT2D eigenvalue weighted by molar-refractivity contribution is 8.00. The van der Waals surface area contributed by atoms with Gasteiger partial charge in [0.25, 0.3) is 0 Å². The molecule has 0 bridgehead atoms. The lowest BCUT2D eigenvalue weighted by Crippen LogP contribution is -2.40. The molecule has 2 N–H and O–H groups in total. The maximum absolute atomic E-state index is 13.4. The molecule has 6 aromatic rings. The number of amides is 1. The normalized spacial score (nSPS) is 11.6. The maximum atomic E-state index is 13.4. The molecule has 49 heavy (non-hydrogen) atoms. The number of nitrogens with zero attached hydrogens (tertiary/aromatic N) is 1. The van der Waals surface area contributed by atoms with Crippen molar-refractivity contribution in [2.75, 3.05) is 31.1 Å². The number of hydrogen-bond acceptors (Lipinski definition) is 4. The summed E-state index contributed by atoms with van der Waals surface area (Å²) in [7, 11) is 0. The Morgan fingerprint density at radius 3 is 0.857 bits per heavy atom. The number of hydrogen-bond donors (Lipinski definition) is 1. The zero-order chi connectivity index (χ0) is 33.8. The van der Waals surface area contributed by atoms with Crippen LogP contribution in [0.2, 0.25) is 0 Å². The molecule has 6 aromatic carbocycles. The quantitative estimate of drug-likeness (QED) is 0.110. The molecule has 0 heterocycles. The van der Waals surface area contributed by atoms with Gasteiger partial charge in [-0.1, -0.05) is 182 Å². The summed E-state index contributed by atoms with van der Waals surface area (Å²) in [5, 5.41) is 0. The van der Waals surface area contributed by atoms with E-state index in [-0.39, 0.29) is 12.5 Å². The van der Waals surface area contributed by atoms with Crippen LogP contribution in [-0.4, -0.2) is 41.9 Å². The first-order valence-corrected chi connectivity index (χ1v) is 18.7. The Bertz CT molecular complexity index is 1530. The summed E-state index contributed by atoms with van der Waals surface area (Å²) in [6, 6.07) is 64.2. The predicted molar refractivity (Wildman–Crippen MR) is 209 cm³/mol. The van der Waals surface area contributed by atoms with E-state index in [1.54, 1.807) is 0 Å². The van der Waals surface area contributed by atoms with Crippen molar-refractivity contribution in [3.8, 4) is 0 Å². The van der Waals surface area contributed by atoms with E-state index >= 15 is 0 Å². The van der Waals surface area contributed by atoms with E-state index in [4.69, 9.17) is 5.73 Å². The average molecular weight is 679 g/mol. The molecule has 0 saturated carbocycles. The first kappa shape index (κ1) is 34.3. The summed E-state index contributed by atoms with van der Waals surface area (Å²) in [5.74, 6) is 1.43. The van der Waals surface area contributed by atoms with Crippen molar-refractivity contribution in [3.05, 3.63) is 215 Å². The number of benzene rings is 6. The Morgan fingerprint density at radius 1 is 0.429 bits per heavy atom. The van der Waals surface area contributed by atoms with Crippen molar-refractivity contribution in [1.29, 1.82) is 0 Å². The summed E-state index contributed by atoms with van der Waals surface area (Å²) in [5.41, 5.74) is 13.3. The number of nitrogens with two attached hydrogens (primary N) is 1. The highest BCUT2D eigenvalue weighted by atomic mass is 32.2. The van der Waals surface area contributed by atoms with Gasteiger partial charge in [-0.25, -0.2) is 0 Å². The first-order chi connectivity index (χ1) is 24.2. The predicted octanol–water partition coefficient (Wildman–Crippen LogP) is 9.22. The zero-order valence-corrected chi connectivity index (χ0v) is 29.2. The second-order valence-corrected chi connectivity index (χ2v) is 14.5. The minimum atomic E-state index is -0.445. The fourth-order valence-corrected chi connectivity index (χ4v) is 9.70. The monoisotopic (exact) mass is 678 g/mol. The van der Waals surface area contributed by atoms with Gasteiger partial charge < -0.3 is 10.6 Å². The van der Waals surface area contributed by atoms with Gasteiger partial charge in [0.1, 0.15) is 0 Å².